The number of hydrogen-bond donors (Lipinski definition) is 2. The normalized spacial score (nSPS) is 12.0. The molecule has 3 aromatic rings. The number of hydrogen-bond acceptors (Lipinski definition) is 4. The third-order valence-electron chi connectivity index (χ3n) is 4.11. The van der Waals surface area contributed by atoms with E-state index >= 15 is 0 Å². The summed E-state index contributed by atoms with van der Waals surface area (Å²) in [5, 5.41) is 6.68. The van der Waals surface area contributed by atoms with E-state index in [0.29, 0.717) is 23.9 Å². The first kappa shape index (κ1) is 18.7. The van der Waals surface area contributed by atoms with Crippen molar-refractivity contribution >= 4 is 11.6 Å². The Hall–Kier alpha value is -3.06. The van der Waals surface area contributed by atoms with E-state index in [1.54, 1.807) is 12.1 Å². The molecule has 0 aliphatic carbocycles. The predicted octanol–water partition coefficient (Wildman–Crippen LogP) is 2.09. The molecule has 1 amide bonds. The van der Waals surface area contributed by atoms with Crippen molar-refractivity contribution in [3.8, 4) is 11.4 Å². The summed E-state index contributed by atoms with van der Waals surface area (Å²) in [5.41, 5.74) is 2.57. The summed E-state index contributed by atoms with van der Waals surface area (Å²) in [4.78, 5) is 17.4. The van der Waals surface area contributed by atoms with E-state index in [4.69, 9.17) is 4.52 Å². The molecule has 27 heavy (non-hydrogen) atoms. The average Bonchev–Trinajstić information content (AvgIpc) is 3.10. The molecule has 1 unspecified atom stereocenters. The van der Waals surface area contributed by atoms with Gasteiger partial charge in [-0.2, -0.15) is 4.98 Å². The van der Waals surface area contributed by atoms with Crippen molar-refractivity contribution in [1.29, 1.82) is 0 Å². The molecule has 0 saturated carbocycles. The molecule has 0 saturated heterocycles. The molecule has 3 rings (SSSR count). The van der Waals surface area contributed by atoms with Gasteiger partial charge in [-0.15, -0.1) is 0 Å². The van der Waals surface area contributed by atoms with Crippen LogP contribution in [0.15, 0.2) is 53.1 Å². The maximum Gasteiger partial charge on any atom is 0.282 e. The lowest BCUT2D eigenvalue weighted by molar-refractivity contribution is -0.886. The van der Waals surface area contributed by atoms with Crippen LogP contribution in [0.1, 0.15) is 18.4 Å². The number of aromatic nitrogens is 2. The van der Waals surface area contributed by atoms with Gasteiger partial charge in [0, 0.05) is 11.3 Å². The molecule has 0 spiro atoms. The first-order chi connectivity index (χ1) is 13.0. The van der Waals surface area contributed by atoms with Crippen molar-refractivity contribution in [2.45, 2.75) is 19.9 Å². The van der Waals surface area contributed by atoms with Crippen LogP contribution in [0.2, 0.25) is 0 Å². The number of nitrogens with one attached hydrogen (secondary N) is 2. The quantitative estimate of drug-likeness (QED) is 0.669. The highest BCUT2D eigenvalue weighted by Gasteiger charge is 2.16. The zero-order valence-corrected chi connectivity index (χ0v) is 15.3. The molecule has 2 aromatic carbocycles. The number of rotatable bonds is 7. The number of aryl methyl sites for hydroxylation is 1. The molecule has 0 fully saturated rings. The van der Waals surface area contributed by atoms with Gasteiger partial charge < -0.3 is 14.7 Å². The van der Waals surface area contributed by atoms with Crippen LogP contribution in [-0.4, -0.2) is 29.6 Å². The molecule has 6 nitrogen and oxygen atoms in total. The van der Waals surface area contributed by atoms with Crippen LogP contribution in [0.5, 0.6) is 0 Å². The SMILES string of the molecule is CCc1ccc(-c2noc(C[NH+](C)CC(=O)Nc3cccc(F)c3)n2)cc1. The van der Waals surface area contributed by atoms with E-state index in [-0.39, 0.29) is 18.3 Å². The summed E-state index contributed by atoms with van der Waals surface area (Å²) < 4.78 is 18.5. The van der Waals surface area contributed by atoms with Gasteiger partial charge in [-0.05, 0) is 30.2 Å². The van der Waals surface area contributed by atoms with E-state index in [1.807, 2.05) is 31.3 Å². The second kappa shape index (κ2) is 8.55. The Morgan fingerprint density at radius 3 is 2.70 bits per heavy atom. The maximum absolute atomic E-state index is 13.2. The first-order valence-corrected chi connectivity index (χ1v) is 8.82. The van der Waals surface area contributed by atoms with E-state index in [2.05, 4.69) is 22.4 Å². The molecule has 1 heterocycles. The molecule has 0 aliphatic heterocycles. The molecule has 0 aliphatic rings. The Bertz CT molecular complexity index is 908. The topological polar surface area (TPSA) is 72.5 Å². The molecule has 1 atom stereocenters. The lowest BCUT2D eigenvalue weighted by atomic mass is 10.1. The second-order valence-electron chi connectivity index (χ2n) is 6.43. The second-order valence-corrected chi connectivity index (χ2v) is 6.43. The van der Waals surface area contributed by atoms with E-state index in [1.165, 1.54) is 17.7 Å². The first-order valence-electron chi connectivity index (χ1n) is 8.82. The van der Waals surface area contributed by atoms with E-state index < -0.39 is 0 Å². The molecule has 0 radical (unpaired) electrons. The predicted molar refractivity (Wildman–Crippen MR) is 99.6 cm³/mol. The van der Waals surface area contributed by atoms with Gasteiger partial charge in [0.15, 0.2) is 13.1 Å². The van der Waals surface area contributed by atoms with Crippen LogP contribution >= 0.6 is 0 Å². The van der Waals surface area contributed by atoms with E-state index in [0.717, 1.165) is 16.9 Å². The number of likely N-dealkylation sites (N-methyl/N-ethyl adjacent to an activating group) is 1. The smallest absolute Gasteiger partial charge is 0.282 e. The van der Waals surface area contributed by atoms with Crippen LogP contribution < -0.4 is 10.2 Å². The van der Waals surface area contributed by atoms with Gasteiger partial charge in [-0.25, -0.2) is 4.39 Å². The van der Waals surface area contributed by atoms with Crippen molar-refractivity contribution in [3.63, 3.8) is 0 Å². The Labute approximate surface area is 157 Å². The summed E-state index contributed by atoms with van der Waals surface area (Å²) in [6.07, 6.45) is 0.976. The summed E-state index contributed by atoms with van der Waals surface area (Å²) in [5.74, 6) is 0.386. The number of anilines is 1. The lowest BCUT2D eigenvalue weighted by Crippen LogP contribution is -3.08. The number of amides is 1. The van der Waals surface area contributed by atoms with Crippen LogP contribution in [-0.2, 0) is 17.8 Å². The molecule has 2 N–H and O–H groups in total. The number of nitrogens with zero attached hydrogens (tertiary/aromatic N) is 2. The van der Waals surface area contributed by atoms with Crippen molar-refractivity contribution in [2.75, 3.05) is 18.9 Å². The number of carbonyl (C=O) groups is 1. The lowest BCUT2D eigenvalue weighted by Gasteiger charge is -2.11. The summed E-state index contributed by atoms with van der Waals surface area (Å²) in [7, 11) is 1.85. The molecule has 140 valence electrons. The van der Waals surface area contributed by atoms with Crippen molar-refractivity contribution in [1.82, 2.24) is 10.1 Å². The summed E-state index contributed by atoms with van der Waals surface area (Å²) in [6, 6.07) is 13.8. The fourth-order valence-corrected chi connectivity index (χ4v) is 2.70. The summed E-state index contributed by atoms with van der Waals surface area (Å²) >= 11 is 0. The van der Waals surface area contributed by atoms with Gasteiger partial charge in [0.05, 0.1) is 7.05 Å². The van der Waals surface area contributed by atoms with Gasteiger partial charge in [0.25, 0.3) is 11.8 Å². The fourth-order valence-electron chi connectivity index (χ4n) is 2.70. The van der Waals surface area contributed by atoms with Crippen LogP contribution in [0, 0.1) is 5.82 Å². The van der Waals surface area contributed by atoms with Crippen LogP contribution in [0.25, 0.3) is 11.4 Å². The molecule has 1 aromatic heterocycles. The minimum atomic E-state index is -0.390. The Balaban J connectivity index is 1.55. The number of carbonyl (C=O) groups excluding carboxylic acids is 1. The standard InChI is InChI=1S/C20H21FN4O2/c1-3-14-7-9-15(10-8-14)20-23-19(27-24-20)13-25(2)12-18(26)22-17-6-4-5-16(21)11-17/h4-11H,3,12-13H2,1-2H3,(H,22,26)/p+1. The Morgan fingerprint density at radius 1 is 1.22 bits per heavy atom. The monoisotopic (exact) mass is 369 g/mol. The van der Waals surface area contributed by atoms with Gasteiger partial charge >= 0.3 is 0 Å². The minimum Gasteiger partial charge on any atom is -0.333 e. The van der Waals surface area contributed by atoms with Gasteiger partial charge in [0.2, 0.25) is 5.82 Å². The van der Waals surface area contributed by atoms with Gasteiger partial charge in [-0.3, -0.25) is 4.79 Å². The third kappa shape index (κ3) is 5.21. The zero-order valence-electron chi connectivity index (χ0n) is 15.3. The molecule has 7 heteroatoms. The third-order valence-corrected chi connectivity index (χ3v) is 4.11. The van der Waals surface area contributed by atoms with Crippen molar-refractivity contribution < 1.29 is 18.6 Å². The highest BCUT2D eigenvalue weighted by molar-refractivity contribution is 5.91. The largest absolute Gasteiger partial charge is 0.333 e. The Morgan fingerprint density at radius 2 is 2.00 bits per heavy atom. The molecule has 0 bridgehead atoms. The zero-order chi connectivity index (χ0) is 19.2. The number of quaternary nitrogens is 1. The van der Waals surface area contributed by atoms with Crippen molar-refractivity contribution in [2.24, 2.45) is 0 Å². The summed E-state index contributed by atoms with van der Waals surface area (Å²) in [6.45, 7) is 2.71. The minimum absolute atomic E-state index is 0.194. The number of benzene rings is 2. The molecular weight excluding hydrogens is 347 g/mol. The van der Waals surface area contributed by atoms with Crippen molar-refractivity contribution in [3.05, 3.63) is 65.8 Å². The van der Waals surface area contributed by atoms with E-state index in [9.17, 15) is 9.18 Å². The fraction of sp³-hybridized carbons (Fsp3) is 0.250. The molecular formula is C20H22FN4O2+. The van der Waals surface area contributed by atoms with Gasteiger partial charge in [0.1, 0.15) is 5.82 Å². The average molecular weight is 369 g/mol. The highest BCUT2D eigenvalue weighted by Crippen LogP contribution is 2.16. The Kier molecular flexibility index (Phi) is 5.93. The highest BCUT2D eigenvalue weighted by atomic mass is 19.1. The van der Waals surface area contributed by atoms with Crippen LogP contribution in [0.3, 0.4) is 0 Å². The number of halogens is 1. The van der Waals surface area contributed by atoms with Gasteiger partial charge in [-0.1, -0.05) is 42.4 Å². The maximum atomic E-state index is 13.2. The van der Waals surface area contributed by atoms with Crippen LogP contribution in [0.4, 0.5) is 10.1 Å².